The van der Waals surface area contributed by atoms with Gasteiger partial charge in [0.15, 0.2) is 4.77 Å². The second-order valence-electron chi connectivity index (χ2n) is 5.18. The van der Waals surface area contributed by atoms with Gasteiger partial charge in [-0.25, -0.2) is 0 Å². The second-order valence-corrected chi connectivity index (χ2v) is 5.57. The average molecular weight is 262 g/mol. The molecule has 1 fully saturated rings. The smallest absolute Gasteiger partial charge is 0.178 e. The number of likely N-dealkylation sites (N-methyl/N-ethyl adjacent to an activating group) is 1. The number of aromatic nitrogens is 3. The third-order valence-electron chi connectivity index (χ3n) is 3.84. The highest BCUT2D eigenvalue weighted by Gasteiger charge is 2.29. The van der Waals surface area contributed by atoms with Gasteiger partial charge in [0.25, 0.3) is 0 Å². The lowest BCUT2D eigenvalue weighted by atomic mass is 10.3. The van der Waals surface area contributed by atoms with Crippen molar-refractivity contribution in [3.8, 4) is 0 Å². The minimum atomic E-state index is 0.497. The van der Waals surface area contributed by atoms with Crippen LogP contribution in [0.2, 0.25) is 0 Å². The summed E-state index contributed by atoms with van der Waals surface area (Å²) in [6.07, 6.45) is 6.32. The van der Waals surface area contributed by atoms with E-state index in [2.05, 4.69) is 33.4 Å². The van der Waals surface area contributed by atoms with Gasteiger partial charge in [0.1, 0.15) is 0 Å². The Labute approximate surface area is 112 Å². The van der Waals surface area contributed by atoms with E-state index >= 15 is 0 Å². The van der Waals surface area contributed by atoms with E-state index in [1.165, 1.54) is 12.8 Å². The Morgan fingerprint density at radius 2 is 2.39 bits per heavy atom. The summed E-state index contributed by atoms with van der Waals surface area (Å²) in [4.78, 5) is 9.79. The first kappa shape index (κ1) is 11.9. The van der Waals surface area contributed by atoms with Crippen molar-refractivity contribution in [1.82, 2.24) is 19.4 Å². The third kappa shape index (κ3) is 2.08. The van der Waals surface area contributed by atoms with Crippen LogP contribution >= 0.6 is 12.2 Å². The minimum absolute atomic E-state index is 0.497. The zero-order valence-electron chi connectivity index (χ0n) is 10.8. The Balaban J connectivity index is 1.89. The van der Waals surface area contributed by atoms with Gasteiger partial charge in [-0.3, -0.25) is 9.88 Å². The van der Waals surface area contributed by atoms with Crippen LogP contribution in [0.25, 0.3) is 11.0 Å². The fraction of sp³-hybridized carbons (Fsp3) is 0.538. The number of hydrogen-bond donors (Lipinski definition) is 1. The third-order valence-corrected chi connectivity index (χ3v) is 4.16. The van der Waals surface area contributed by atoms with Gasteiger partial charge in [-0.15, -0.1) is 0 Å². The van der Waals surface area contributed by atoms with Crippen LogP contribution in [0.15, 0.2) is 18.5 Å². The molecule has 18 heavy (non-hydrogen) atoms. The van der Waals surface area contributed by atoms with Crippen molar-refractivity contribution >= 4 is 23.3 Å². The van der Waals surface area contributed by atoms with Crippen LogP contribution in [0.5, 0.6) is 0 Å². The zero-order chi connectivity index (χ0) is 12.7. The Hall–Kier alpha value is -1.20. The van der Waals surface area contributed by atoms with E-state index < -0.39 is 0 Å². The molecule has 4 nitrogen and oxygen atoms in total. The molecule has 0 radical (unpaired) electrons. The number of pyridine rings is 1. The molecule has 5 heteroatoms. The maximum atomic E-state index is 5.40. The molecule has 1 atom stereocenters. The molecule has 0 amide bonds. The summed E-state index contributed by atoms with van der Waals surface area (Å²) < 4.78 is 2.96. The largest absolute Gasteiger partial charge is 0.329 e. The monoisotopic (exact) mass is 262 g/mol. The molecule has 0 aliphatic heterocycles. The zero-order valence-corrected chi connectivity index (χ0v) is 11.6. The molecular weight excluding hydrogens is 244 g/mol. The Bertz CT molecular complexity index is 611. The van der Waals surface area contributed by atoms with Gasteiger partial charge in [-0.1, -0.05) is 0 Å². The van der Waals surface area contributed by atoms with E-state index in [4.69, 9.17) is 12.2 Å². The summed E-state index contributed by atoms with van der Waals surface area (Å²) in [7, 11) is 2.21. The molecule has 2 heterocycles. The molecule has 2 aromatic rings. The van der Waals surface area contributed by atoms with Crippen molar-refractivity contribution in [2.24, 2.45) is 0 Å². The molecule has 2 aromatic heterocycles. The van der Waals surface area contributed by atoms with E-state index in [0.29, 0.717) is 6.04 Å². The number of H-pyrrole nitrogens is 1. The Morgan fingerprint density at radius 3 is 3.11 bits per heavy atom. The number of rotatable bonds is 4. The number of aromatic amines is 1. The minimum Gasteiger partial charge on any atom is -0.329 e. The molecular formula is C13H18N4S. The number of imidazole rings is 1. The predicted molar refractivity (Wildman–Crippen MR) is 75.2 cm³/mol. The SMILES string of the molecule is CC(Cn1c(=S)[nH]c2cnccc21)N(C)C1CC1. The van der Waals surface area contributed by atoms with Gasteiger partial charge in [0.2, 0.25) is 0 Å². The number of hydrogen-bond acceptors (Lipinski definition) is 3. The summed E-state index contributed by atoms with van der Waals surface area (Å²) in [6, 6.07) is 3.29. The fourth-order valence-corrected chi connectivity index (χ4v) is 2.71. The van der Waals surface area contributed by atoms with E-state index in [9.17, 15) is 0 Å². The molecule has 0 spiro atoms. The summed E-state index contributed by atoms with van der Waals surface area (Å²) in [5.74, 6) is 0. The van der Waals surface area contributed by atoms with Crippen molar-refractivity contribution < 1.29 is 0 Å². The standard InChI is InChI=1S/C13H18N4S/c1-9(16(2)10-3-4-10)8-17-12-5-6-14-7-11(12)15-13(17)18/h5-7,9-10H,3-4,8H2,1-2H3,(H,15,18). The van der Waals surface area contributed by atoms with Crippen LogP contribution in [0, 0.1) is 4.77 Å². The maximum Gasteiger partial charge on any atom is 0.178 e. The normalized spacial score (nSPS) is 17.5. The molecule has 1 unspecified atom stereocenters. The van der Waals surface area contributed by atoms with Gasteiger partial charge in [-0.2, -0.15) is 0 Å². The molecule has 96 valence electrons. The molecule has 1 saturated carbocycles. The van der Waals surface area contributed by atoms with Crippen molar-refractivity contribution in [2.75, 3.05) is 7.05 Å². The predicted octanol–water partition coefficient (Wildman–Crippen LogP) is 2.58. The maximum absolute atomic E-state index is 5.40. The Kier molecular flexibility index (Phi) is 2.95. The van der Waals surface area contributed by atoms with Crippen LogP contribution in [-0.4, -0.2) is 38.6 Å². The first-order valence-electron chi connectivity index (χ1n) is 6.41. The van der Waals surface area contributed by atoms with E-state index in [1.807, 2.05) is 18.5 Å². The lowest BCUT2D eigenvalue weighted by molar-refractivity contribution is 0.226. The topological polar surface area (TPSA) is 36.9 Å². The van der Waals surface area contributed by atoms with Gasteiger partial charge >= 0.3 is 0 Å². The lowest BCUT2D eigenvalue weighted by Crippen LogP contribution is -2.34. The van der Waals surface area contributed by atoms with Gasteiger partial charge < -0.3 is 9.55 Å². The van der Waals surface area contributed by atoms with Crippen LogP contribution in [0.4, 0.5) is 0 Å². The lowest BCUT2D eigenvalue weighted by Gasteiger charge is -2.24. The molecule has 1 aliphatic carbocycles. The summed E-state index contributed by atoms with van der Waals surface area (Å²) in [5, 5.41) is 0. The number of fused-ring (bicyclic) bond motifs is 1. The van der Waals surface area contributed by atoms with E-state index in [-0.39, 0.29) is 0 Å². The Morgan fingerprint density at radius 1 is 1.61 bits per heavy atom. The van der Waals surface area contributed by atoms with E-state index in [0.717, 1.165) is 28.4 Å². The van der Waals surface area contributed by atoms with Gasteiger partial charge in [0, 0.05) is 24.8 Å². The molecule has 0 saturated heterocycles. The van der Waals surface area contributed by atoms with Crippen LogP contribution in [0.1, 0.15) is 19.8 Å². The van der Waals surface area contributed by atoms with Crippen molar-refractivity contribution in [3.63, 3.8) is 0 Å². The molecule has 1 aliphatic rings. The highest BCUT2D eigenvalue weighted by Crippen LogP contribution is 2.27. The summed E-state index contributed by atoms with van der Waals surface area (Å²) >= 11 is 5.40. The molecule has 1 N–H and O–H groups in total. The first-order chi connectivity index (χ1) is 8.66. The van der Waals surface area contributed by atoms with E-state index in [1.54, 1.807) is 0 Å². The number of nitrogens with zero attached hydrogens (tertiary/aromatic N) is 3. The molecule has 0 bridgehead atoms. The van der Waals surface area contributed by atoms with Crippen molar-refractivity contribution in [3.05, 3.63) is 23.2 Å². The van der Waals surface area contributed by atoms with Gasteiger partial charge in [0.05, 0.1) is 17.2 Å². The van der Waals surface area contributed by atoms with Crippen LogP contribution in [0.3, 0.4) is 0 Å². The number of nitrogens with one attached hydrogen (secondary N) is 1. The highest BCUT2D eigenvalue weighted by molar-refractivity contribution is 7.71. The van der Waals surface area contributed by atoms with Gasteiger partial charge in [-0.05, 0) is 45.1 Å². The molecule has 3 rings (SSSR count). The summed E-state index contributed by atoms with van der Waals surface area (Å²) in [5.41, 5.74) is 2.16. The first-order valence-corrected chi connectivity index (χ1v) is 6.82. The van der Waals surface area contributed by atoms with Crippen molar-refractivity contribution in [1.29, 1.82) is 0 Å². The second kappa shape index (κ2) is 4.48. The van der Waals surface area contributed by atoms with Crippen molar-refractivity contribution in [2.45, 2.75) is 38.4 Å². The van der Waals surface area contributed by atoms with Crippen LogP contribution < -0.4 is 0 Å². The molecule has 0 aromatic carbocycles. The highest BCUT2D eigenvalue weighted by atomic mass is 32.1. The average Bonchev–Trinajstić information content (AvgIpc) is 3.15. The summed E-state index contributed by atoms with van der Waals surface area (Å²) in [6.45, 7) is 3.19. The van der Waals surface area contributed by atoms with Crippen LogP contribution in [-0.2, 0) is 6.54 Å². The quantitative estimate of drug-likeness (QED) is 0.860. The fourth-order valence-electron chi connectivity index (χ4n) is 2.43.